The monoisotopic (exact) mass is 358 g/mol. The van der Waals surface area contributed by atoms with Gasteiger partial charge in [-0.2, -0.15) is 0 Å². The normalized spacial score (nSPS) is 18.6. The van der Waals surface area contributed by atoms with Crippen molar-refractivity contribution in [3.8, 4) is 0 Å². The van der Waals surface area contributed by atoms with E-state index in [1.54, 1.807) is 0 Å². The van der Waals surface area contributed by atoms with Crippen molar-refractivity contribution in [1.29, 1.82) is 0 Å². The molecule has 1 aromatic heterocycles. The summed E-state index contributed by atoms with van der Waals surface area (Å²) < 4.78 is 2.49. The maximum absolute atomic E-state index is 9.05. The Morgan fingerprint density at radius 1 is 1.20 bits per heavy atom. The summed E-state index contributed by atoms with van der Waals surface area (Å²) in [6.07, 6.45) is 5.26. The summed E-state index contributed by atoms with van der Waals surface area (Å²) in [4.78, 5) is 17.5. The number of piperazine rings is 1. The third-order valence-corrected chi connectivity index (χ3v) is 5.72. The highest BCUT2D eigenvalue weighted by molar-refractivity contribution is 7.97. The lowest BCUT2D eigenvalue weighted by atomic mass is 10.1. The van der Waals surface area contributed by atoms with Gasteiger partial charge in [0.2, 0.25) is 0 Å². The Balaban J connectivity index is 0.000000415. The van der Waals surface area contributed by atoms with Crippen LogP contribution in [0.5, 0.6) is 0 Å². The number of nitrogens with zero attached hydrogens (tertiary/aromatic N) is 3. The number of likely N-dealkylation sites (N-methyl/N-ethyl adjacent to an activating group) is 1. The standard InChI is InChI=1S/C17H21N3S.C2H5NO/c1-19-9-11-20(12-10-19)21-16-4-2-3-15-14(16)7-8-18-17(15)13-5-6-13;3-1-2-4/h2-4,7-8,13H,5-6,9-12H2,1H3;2H,1,3H2. The van der Waals surface area contributed by atoms with Gasteiger partial charge in [-0.25, -0.2) is 4.31 Å². The Morgan fingerprint density at radius 2 is 1.92 bits per heavy atom. The van der Waals surface area contributed by atoms with Crippen LogP contribution in [0.4, 0.5) is 0 Å². The first-order valence-electron chi connectivity index (χ1n) is 8.85. The van der Waals surface area contributed by atoms with Gasteiger partial charge in [0.15, 0.2) is 0 Å². The van der Waals surface area contributed by atoms with E-state index in [1.165, 1.54) is 34.2 Å². The highest BCUT2D eigenvalue weighted by Gasteiger charge is 2.27. The second kappa shape index (κ2) is 8.76. The lowest BCUT2D eigenvalue weighted by Crippen LogP contribution is -2.40. The fraction of sp³-hybridized carbons (Fsp3) is 0.474. The number of fused-ring (bicyclic) bond motifs is 1. The van der Waals surface area contributed by atoms with Gasteiger partial charge in [-0.05, 0) is 49.4 Å². The van der Waals surface area contributed by atoms with Gasteiger partial charge in [0.1, 0.15) is 6.29 Å². The van der Waals surface area contributed by atoms with E-state index in [2.05, 4.69) is 51.2 Å². The molecule has 1 saturated heterocycles. The van der Waals surface area contributed by atoms with Crippen molar-refractivity contribution in [3.05, 3.63) is 36.2 Å². The average molecular weight is 359 g/mol. The maximum Gasteiger partial charge on any atom is 0.133 e. The van der Waals surface area contributed by atoms with E-state index < -0.39 is 0 Å². The molecule has 1 aromatic carbocycles. The van der Waals surface area contributed by atoms with E-state index in [4.69, 9.17) is 4.79 Å². The van der Waals surface area contributed by atoms with Crippen LogP contribution in [0, 0.1) is 0 Å². The molecule has 0 spiro atoms. The van der Waals surface area contributed by atoms with Gasteiger partial charge in [0.25, 0.3) is 0 Å². The summed E-state index contributed by atoms with van der Waals surface area (Å²) in [7, 11) is 2.20. The number of hydrogen-bond acceptors (Lipinski definition) is 6. The molecule has 0 radical (unpaired) electrons. The van der Waals surface area contributed by atoms with Gasteiger partial charge in [0, 0.05) is 55.1 Å². The molecule has 1 aliphatic heterocycles. The smallest absolute Gasteiger partial charge is 0.133 e. The Labute approximate surface area is 153 Å². The second-order valence-electron chi connectivity index (χ2n) is 6.55. The number of benzene rings is 1. The molecule has 5 nitrogen and oxygen atoms in total. The molecule has 2 aromatic rings. The average Bonchev–Trinajstić information content (AvgIpc) is 3.49. The summed E-state index contributed by atoms with van der Waals surface area (Å²) in [5.41, 5.74) is 5.97. The largest absolute Gasteiger partial charge is 0.324 e. The summed E-state index contributed by atoms with van der Waals surface area (Å²) in [6, 6.07) is 8.86. The van der Waals surface area contributed by atoms with Crippen molar-refractivity contribution in [1.82, 2.24) is 14.2 Å². The highest BCUT2D eigenvalue weighted by Crippen LogP contribution is 2.43. The minimum atomic E-state index is 0.139. The number of rotatable bonds is 4. The fourth-order valence-corrected chi connectivity index (χ4v) is 4.02. The van der Waals surface area contributed by atoms with Crippen LogP contribution >= 0.6 is 11.9 Å². The number of carbonyl (C=O) groups excluding carboxylic acids is 1. The second-order valence-corrected chi connectivity index (χ2v) is 7.69. The summed E-state index contributed by atoms with van der Waals surface area (Å²) in [5, 5.41) is 2.73. The van der Waals surface area contributed by atoms with Gasteiger partial charge in [0.05, 0.1) is 5.69 Å². The van der Waals surface area contributed by atoms with Gasteiger partial charge in [-0.1, -0.05) is 12.1 Å². The minimum absolute atomic E-state index is 0.139. The first-order chi connectivity index (χ1) is 12.2. The molecule has 6 heteroatoms. The van der Waals surface area contributed by atoms with Crippen LogP contribution in [0.15, 0.2) is 35.4 Å². The van der Waals surface area contributed by atoms with Crippen molar-refractivity contribution in [3.63, 3.8) is 0 Å². The van der Waals surface area contributed by atoms with Crippen LogP contribution in [0.25, 0.3) is 10.8 Å². The molecule has 2 heterocycles. The van der Waals surface area contributed by atoms with E-state index in [0.717, 1.165) is 26.2 Å². The SMILES string of the molecule is CN1CCN(Sc2cccc3c(C4CC4)nccc23)CC1.NCC=O. The molecule has 25 heavy (non-hydrogen) atoms. The van der Waals surface area contributed by atoms with Crippen LogP contribution in [-0.4, -0.2) is 60.2 Å². The number of carbonyl (C=O) groups is 1. The summed E-state index contributed by atoms with van der Waals surface area (Å²) >= 11 is 1.92. The summed E-state index contributed by atoms with van der Waals surface area (Å²) in [5.74, 6) is 0.706. The van der Waals surface area contributed by atoms with Crippen molar-refractivity contribution in [2.24, 2.45) is 5.73 Å². The third kappa shape index (κ3) is 4.79. The van der Waals surface area contributed by atoms with Crippen LogP contribution in [-0.2, 0) is 4.79 Å². The van der Waals surface area contributed by atoms with Gasteiger partial charge < -0.3 is 15.4 Å². The van der Waals surface area contributed by atoms with Crippen molar-refractivity contribution >= 4 is 29.0 Å². The van der Waals surface area contributed by atoms with Crippen LogP contribution in [0.1, 0.15) is 24.5 Å². The lowest BCUT2D eigenvalue weighted by Gasteiger charge is -2.31. The van der Waals surface area contributed by atoms with E-state index in [0.29, 0.717) is 12.2 Å². The number of aromatic nitrogens is 1. The molecule has 134 valence electrons. The number of pyridine rings is 1. The van der Waals surface area contributed by atoms with E-state index in [9.17, 15) is 0 Å². The van der Waals surface area contributed by atoms with E-state index in [-0.39, 0.29) is 6.54 Å². The third-order valence-electron chi connectivity index (χ3n) is 4.55. The van der Waals surface area contributed by atoms with Crippen LogP contribution in [0.2, 0.25) is 0 Å². The molecular formula is C19H26N4OS. The van der Waals surface area contributed by atoms with Crippen molar-refractivity contribution in [2.45, 2.75) is 23.7 Å². The maximum atomic E-state index is 9.05. The van der Waals surface area contributed by atoms with Gasteiger partial charge in [-0.3, -0.25) is 4.98 Å². The minimum Gasteiger partial charge on any atom is -0.324 e. The lowest BCUT2D eigenvalue weighted by molar-refractivity contribution is -0.106. The number of nitrogens with two attached hydrogens (primary N) is 1. The van der Waals surface area contributed by atoms with Crippen molar-refractivity contribution in [2.75, 3.05) is 39.8 Å². The first kappa shape index (κ1) is 18.3. The first-order valence-corrected chi connectivity index (χ1v) is 9.63. The fourth-order valence-electron chi connectivity index (χ4n) is 2.98. The molecule has 2 N–H and O–H groups in total. The molecule has 0 amide bonds. The van der Waals surface area contributed by atoms with Gasteiger partial charge >= 0.3 is 0 Å². The molecule has 4 rings (SSSR count). The molecule has 0 bridgehead atoms. The molecule has 0 atom stereocenters. The predicted octanol–water partition coefficient (Wildman–Crippen LogP) is 2.51. The Hall–Kier alpha value is -1.47. The molecule has 0 unspecified atom stereocenters. The molecule has 2 fully saturated rings. The van der Waals surface area contributed by atoms with Crippen LogP contribution < -0.4 is 5.73 Å². The zero-order chi connectivity index (χ0) is 17.6. The molecule has 1 aliphatic carbocycles. The zero-order valence-electron chi connectivity index (χ0n) is 14.7. The quantitative estimate of drug-likeness (QED) is 0.669. The molecule has 2 aliphatic rings. The highest BCUT2D eigenvalue weighted by atomic mass is 32.2. The Bertz CT molecular complexity index is 712. The van der Waals surface area contributed by atoms with E-state index in [1.807, 2.05) is 18.1 Å². The van der Waals surface area contributed by atoms with Gasteiger partial charge in [-0.15, -0.1) is 0 Å². The Morgan fingerprint density at radius 3 is 2.56 bits per heavy atom. The topological polar surface area (TPSA) is 62.5 Å². The summed E-state index contributed by atoms with van der Waals surface area (Å²) in [6.45, 7) is 4.73. The van der Waals surface area contributed by atoms with E-state index >= 15 is 0 Å². The predicted molar refractivity (Wildman–Crippen MR) is 104 cm³/mol. The zero-order valence-corrected chi connectivity index (χ0v) is 15.5. The molecule has 1 saturated carbocycles. The number of aldehydes is 1. The van der Waals surface area contributed by atoms with Crippen LogP contribution in [0.3, 0.4) is 0 Å². The Kier molecular flexibility index (Phi) is 6.42. The van der Waals surface area contributed by atoms with Crippen molar-refractivity contribution < 1.29 is 4.79 Å². The number of hydrogen-bond donors (Lipinski definition) is 1. The molecular weight excluding hydrogens is 332 g/mol.